The van der Waals surface area contributed by atoms with E-state index in [2.05, 4.69) is 12.2 Å². The first-order valence-electron chi connectivity index (χ1n) is 9.37. The largest absolute Gasteiger partial charge is 0.379 e. The molecule has 2 fully saturated rings. The Balaban J connectivity index is 1.70. The van der Waals surface area contributed by atoms with Crippen LogP contribution in [0.4, 0.5) is 5.69 Å². The number of benzene rings is 1. The Labute approximate surface area is 165 Å². The van der Waals surface area contributed by atoms with Crippen molar-refractivity contribution in [2.45, 2.75) is 24.7 Å². The lowest BCUT2D eigenvalue weighted by Crippen LogP contribution is -3.14. The lowest BCUT2D eigenvalue weighted by atomic mass is 10.0. The number of morpholine rings is 1. The summed E-state index contributed by atoms with van der Waals surface area (Å²) in [6, 6.07) is 4.43. The first-order chi connectivity index (χ1) is 12.9. The van der Waals surface area contributed by atoms with Gasteiger partial charge in [0.15, 0.2) is 6.54 Å². The molecule has 1 aromatic carbocycles. The van der Waals surface area contributed by atoms with Gasteiger partial charge in [-0.15, -0.1) is 0 Å². The zero-order valence-corrected chi connectivity index (χ0v) is 17.1. The van der Waals surface area contributed by atoms with Crippen molar-refractivity contribution in [2.75, 3.05) is 51.3 Å². The maximum absolute atomic E-state index is 12.8. The number of hydrogen-bond acceptors (Lipinski definition) is 4. The number of rotatable bonds is 5. The summed E-state index contributed by atoms with van der Waals surface area (Å²) in [5.74, 6) is 0.467. The van der Waals surface area contributed by atoms with Crippen molar-refractivity contribution in [3.05, 3.63) is 23.2 Å². The standard InChI is InChI=1S/C18H26ClN3O4S/c1-14-3-2-6-21(12-14)13-18(23)20-17-11-15(4-5-16(17)19)27(24,25)22-7-9-26-10-8-22/h4-5,11,14H,2-3,6-10,12-13H2,1H3,(H,20,23)/p+1/t14-/m1/s1. The molecule has 7 nitrogen and oxygen atoms in total. The number of likely N-dealkylation sites (tertiary alicyclic amines) is 1. The molecule has 0 bridgehead atoms. The second kappa shape index (κ2) is 8.87. The van der Waals surface area contributed by atoms with Crippen LogP contribution >= 0.6 is 11.6 Å². The maximum Gasteiger partial charge on any atom is 0.279 e. The molecule has 2 aliphatic rings. The van der Waals surface area contributed by atoms with Gasteiger partial charge in [-0.3, -0.25) is 4.79 Å². The minimum absolute atomic E-state index is 0.128. The van der Waals surface area contributed by atoms with Crippen molar-refractivity contribution >= 4 is 33.2 Å². The van der Waals surface area contributed by atoms with Gasteiger partial charge in [0.2, 0.25) is 10.0 Å². The fourth-order valence-electron chi connectivity index (χ4n) is 3.68. The van der Waals surface area contributed by atoms with E-state index in [0.29, 0.717) is 49.5 Å². The summed E-state index contributed by atoms with van der Waals surface area (Å²) in [4.78, 5) is 13.8. The van der Waals surface area contributed by atoms with Crippen LogP contribution < -0.4 is 10.2 Å². The van der Waals surface area contributed by atoms with E-state index in [1.54, 1.807) is 0 Å². The molecule has 0 spiro atoms. The summed E-state index contributed by atoms with van der Waals surface area (Å²) in [5, 5.41) is 3.11. The number of nitrogens with zero attached hydrogens (tertiary/aromatic N) is 1. The molecule has 2 N–H and O–H groups in total. The number of nitrogens with one attached hydrogen (secondary N) is 2. The smallest absolute Gasteiger partial charge is 0.279 e. The van der Waals surface area contributed by atoms with E-state index in [4.69, 9.17) is 16.3 Å². The SMILES string of the molecule is C[C@@H]1CCC[NH+](CC(=O)Nc2cc(S(=O)(=O)N3CCOCC3)ccc2Cl)C1. The molecular weight excluding hydrogens is 390 g/mol. The minimum atomic E-state index is -3.63. The Bertz CT molecular complexity index is 781. The monoisotopic (exact) mass is 416 g/mol. The van der Waals surface area contributed by atoms with Crippen LogP contribution in [0.1, 0.15) is 19.8 Å². The van der Waals surface area contributed by atoms with Gasteiger partial charge in [-0.1, -0.05) is 18.5 Å². The predicted molar refractivity (Wildman–Crippen MR) is 104 cm³/mol. The van der Waals surface area contributed by atoms with Crippen LogP contribution in [0, 0.1) is 5.92 Å². The number of carbonyl (C=O) groups is 1. The summed E-state index contributed by atoms with van der Waals surface area (Å²) < 4.78 is 32.2. The molecule has 0 saturated carbocycles. The highest BCUT2D eigenvalue weighted by molar-refractivity contribution is 7.89. The molecule has 0 aliphatic carbocycles. The molecule has 2 heterocycles. The first-order valence-corrected chi connectivity index (χ1v) is 11.2. The zero-order chi connectivity index (χ0) is 19.4. The van der Waals surface area contributed by atoms with Gasteiger partial charge >= 0.3 is 0 Å². The van der Waals surface area contributed by atoms with Gasteiger partial charge in [-0.25, -0.2) is 8.42 Å². The number of quaternary nitrogens is 1. The van der Waals surface area contributed by atoms with Gasteiger partial charge in [-0.05, 0) is 31.0 Å². The van der Waals surface area contributed by atoms with E-state index in [-0.39, 0.29) is 10.8 Å². The van der Waals surface area contributed by atoms with Crippen molar-refractivity contribution in [3.63, 3.8) is 0 Å². The zero-order valence-electron chi connectivity index (χ0n) is 15.5. The number of piperidine rings is 1. The van der Waals surface area contributed by atoms with Crippen LogP contribution in [-0.4, -0.2) is 64.6 Å². The van der Waals surface area contributed by atoms with Crippen molar-refractivity contribution in [1.29, 1.82) is 0 Å². The highest BCUT2D eigenvalue weighted by atomic mass is 35.5. The third kappa shape index (κ3) is 5.20. The number of carbonyl (C=O) groups excluding carboxylic acids is 1. The Hall–Kier alpha value is -1.19. The number of halogens is 1. The van der Waals surface area contributed by atoms with Gasteiger partial charge in [0, 0.05) is 19.0 Å². The molecular formula is C18H27ClN3O4S+. The molecule has 27 heavy (non-hydrogen) atoms. The maximum atomic E-state index is 12.8. The summed E-state index contributed by atoms with van der Waals surface area (Å²) in [6.07, 6.45) is 2.33. The van der Waals surface area contributed by atoms with E-state index >= 15 is 0 Å². The molecule has 1 aromatic rings. The first kappa shape index (κ1) is 20.5. The van der Waals surface area contributed by atoms with Crippen molar-refractivity contribution in [2.24, 2.45) is 5.92 Å². The number of ether oxygens (including phenoxy) is 1. The third-order valence-corrected chi connectivity index (χ3v) is 7.32. The molecule has 0 aromatic heterocycles. The highest BCUT2D eigenvalue weighted by Crippen LogP contribution is 2.27. The molecule has 3 rings (SSSR count). The molecule has 1 unspecified atom stereocenters. The minimum Gasteiger partial charge on any atom is -0.379 e. The molecule has 2 atom stereocenters. The normalized spacial score (nSPS) is 24.5. The van der Waals surface area contributed by atoms with Crippen LogP contribution in [0.3, 0.4) is 0 Å². The second-order valence-corrected chi connectivity index (χ2v) is 9.68. The molecule has 2 aliphatic heterocycles. The van der Waals surface area contributed by atoms with E-state index in [1.165, 1.54) is 33.8 Å². The van der Waals surface area contributed by atoms with Gasteiger partial charge in [-0.2, -0.15) is 4.31 Å². The number of amides is 1. The van der Waals surface area contributed by atoms with E-state index in [1.807, 2.05) is 0 Å². The van der Waals surface area contributed by atoms with E-state index in [9.17, 15) is 13.2 Å². The van der Waals surface area contributed by atoms with Gasteiger partial charge in [0.05, 0.1) is 41.9 Å². The molecule has 150 valence electrons. The third-order valence-electron chi connectivity index (χ3n) is 5.09. The lowest BCUT2D eigenvalue weighted by molar-refractivity contribution is -0.900. The summed E-state index contributed by atoms with van der Waals surface area (Å²) >= 11 is 6.19. The van der Waals surface area contributed by atoms with Crippen molar-refractivity contribution < 1.29 is 22.8 Å². The Morgan fingerprint density at radius 3 is 2.81 bits per heavy atom. The van der Waals surface area contributed by atoms with Crippen molar-refractivity contribution in [3.8, 4) is 0 Å². The van der Waals surface area contributed by atoms with Crippen LogP contribution in [0.2, 0.25) is 5.02 Å². The highest BCUT2D eigenvalue weighted by Gasteiger charge is 2.27. The summed E-state index contributed by atoms with van der Waals surface area (Å²) in [6.45, 7) is 5.94. The van der Waals surface area contributed by atoms with Crippen LogP contribution in [0.15, 0.2) is 23.1 Å². The second-order valence-electron chi connectivity index (χ2n) is 7.33. The van der Waals surface area contributed by atoms with Crippen molar-refractivity contribution in [1.82, 2.24) is 4.31 Å². The number of hydrogen-bond donors (Lipinski definition) is 2. The molecule has 0 radical (unpaired) electrons. The molecule has 9 heteroatoms. The van der Waals surface area contributed by atoms with Crippen LogP contribution in [0.5, 0.6) is 0 Å². The van der Waals surface area contributed by atoms with E-state index < -0.39 is 10.0 Å². The summed E-state index contributed by atoms with van der Waals surface area (Å²) in [7, 11) is -3.63. The lowest BCUT2D eigenvalue weighted by Gasteiger charge is -2.27. The molecule has 2 saturated heterocycles. The fraction of sp³-hybridized carbons (Fsp3) is 0.611. The Morgan fingerprint density at radius 2 is 2.11 bits per heavy atom. The van der Waals surface area contributed by atoms with E-state index in [0.717, 1.165) is 19.5 Å². The average molecular weight is 417 g/mol. The van der Waals surface area contributed by atoms with Crippen LogP contribution in [0.25, 0.3) is 0 Å². The average Bonchev–Trinajstić information content (AvgIpc) is 2.64. The molecule has 1 amide bonds. The van der Waals surface area contributed by atoms with Gasteiger partial charge in [0.1, 0.15) is 0 Å². The van der Waals surface area contributed by atoms with Crippen LogP contribution in [-0.2, 0) is 19.6 Å². The quantitative estimate of drug-likeness (QED) is 0.737. The Kier molecular flexibility index (Phi) is 6.75. The topological polar surface area (TPSA) is 80.2 Å². The number of sulfonamides is 1. The number of anilines is 1. The van der Waals surface area contributed by atoms with Gasteiger partial charge in [0.25, 0.3) is 5.91 Å². The Morgan fingerprint density at radius 1 is 1.37 bits per heavy atom. The fourth-order valence-corrected chi connectivity index (χ4v) is 5.28. The predicted octanol–water partition coefficient (Wildman–Crippen LogP) is 0.614. The summed E-state index contributed by atoms with van der Waals surface area (Å²) in [5.41, 5.74) is 0.334. The van der Waals surface area contributed by atoms with Gasteiger partial charge < -0.3 is 15.0 Å².